The molecule has 0 fully saturated rings. The van der Waals surface area contributed by atoms with Crippen LogP contribution >= 0.6 is 0 Å². The van der Waals surface area contributed by atoms with Gasteiger partial charge in [0.05, 0.1) is 37.6 Å². The minimum Gasteiger partial charge on any atom is -0.496 e. The number of anilines is 2. The van der Waals surface area contributed by atoms with Crippen LogP contribution in [0.3, 0.4) is 0 Å². The predicted octanol–water partition coefficient (Wildman–Crippen LogP) is 5.94. The number of methoxy groups -OCH3 is 2. The predicted molar refractivity (Wildman–Crippen MR) is 156 cm³/mol. The molecular formula is C31H39N3O5. The lowest BCUT2D eigenvalue weighted by molar-refractivity contribution is 0.101. The molecular weight excluding hydrogens is 494 g/mol. The molecule has 2 N–H and O–H groups in total. The van der Waals surface area contributed by atoms with Crippen molar-refractivity contribution in [3.63, 3.8) is 0 Å². The Labute approximate surface area is 231 Å². The van der Waals surface area contributed by atoms with Gasteiger partial charge in [0.15, 0.2) is 0 Å². The molecule has 0 aliphatic rings. The summed E-state index contributed by atoms with van der Waals surface area (Å²) in [5.74, 6) is 0.811. The summed E-state index contributed by atoms with van der Waals surface area (Å²) in [7, 11) is 3.07. The van der Waals surface area contributed by atoms with E-state index in [-0.39, 0.29) is 11.8 Å². The molecule has 0 aliphatic carbocycles. The van der Waals surface area contributed by atoms with Crippen LogP contribution in [0.15, 0.2) is 54.6 Å². The molecule has 0 aliphatic heterocycles. The van der Waals surface area contributed by atoms with Crippen molar-refractivity contribution < 1.29 is 23.8 Å². The SMILES string of the molecule is CCN(CC)CCCOc1ccc(NC(=O)c2ccc(C)cc2OC)cc1NC(=O)c1ccc(C)cc1OC. The van der Waals surface area contributed by atoms with E-state index in [2.05, 4.69) is 29.4 Å². The van der Waals surface area contributed by atoms with Crippen molar-refractivity contribution in [3.05, 3.63) is 76.9 Å². The van der Waals surface area contributed by atoms with E-state index < -0.39 is 0 Å². The van der Waals surface area contributed by atoms with Gasteiger partial charge in [-0.3, -0.25) is 9.59 Å². The van der Waals surface area contributed by atoms with E-state index in [0.717, 1.165) is 37.2 Å². The molecule has 0 radical (unpaired) electrons. The Morgan fingerprint density at radius 2 is 1.31 bits per heavy atom. The summed E-state index contributed by atoms with van der Waals surface area (Å²) in [6.45, 7) is 11.5. The van der Waals surface area contributed by atoms with Gasteiger partial charge in [0.1, 0.15) is 17.2 Å². The first-order valence-electron chi connectivity index (χ1n) is 13.2. The van der Waals surface area contributed by atoms with E-state index in [4.69, 9.17) is 14.2 Å². The number of nitrogens with one attached hydrogen (secondary N) is 2. The van der Waals surface area contributed by atoms with Crippen molar-refractivity contribution in [2.45, 2.75) is 34.1 Å². The molecule has 0 saturated carbocycles. The molecule has 0 aromatic heterocycles. The van der Waals surface area contributed by atoms with E-state index in [0.29, 0.717) is 46.4 Å². The topological polar surface area (TPSA) is 89.1 Å². The number of amides is 2. The van der Waals surface area contributed by atoms with E-state index in [1.165, 1.54) is 14.2 Å². The third-order valence-electron chi connectivity index (χ3n) is 6.46. The van der Waals surface area contributed by atoms with Crippen molar-refractivity contribution >= 4 is 23.2 Å². The molecule has 39 heavy (non-hydrogen) atoms. The highest BCUT2D eigenvalue weighted by Gasteiger charge is 2.17. The summed E-state index contributed by atoms with van der Waals surface area (Å²) in [5.41, 5.74) is 3.73. The molecule has 0 unspecified atom stereocenters. The fourth-order valence-corrected chi connectivity index (χ4v) is 4.20. The van der Waals surface area contributed by atoms with Gasteiger partial charge < -0.3 is 29.7 Å². The maximum Gasteiger partial charge on any atom is 0.259 e. The van der Waals surface area contributed by atoms with Crippen molar-refractivity contribution in [2.75, 3.05) is 51.1 Å². The molecule has 0 heterocycles. The quantitative estimate of drug-likeness (QED) is 0.265. The van der Waals surface area contributed by atoms with Crippen LogP contribution in [0.4, 0.5) is 11.4 Å². The second-order valence-corrected chi connectivity index (χ2v) is 9.26. The van der Waals surface area contributed by atoms with Gasteiger partial charge in [-0.15, -0.1) is 0 Å². The second kappa shape index (κ2) is 14.2. The minimum absolute atomic E-state index is 0.322. The van der Waals surface area contributed by atoms with Gasteiger partial charge in [-0.2, -0.15) is 0 Å². The zero-order chi connectivity index (χ0) is 28.4. The molecule has 0 saturated heterocycles. The zero-order valence-electron chi connectivity index (χ0n) is 23.7. The van der Waals surface area contributed by atoms with Crippen LogP contribution in [0.5, 0.6) is 17.2 Å². The molecule has 8 nitrogen and oxygen atoms in total. The Hall–Kier alpha value is -4.04. The number of rotatable bonds is 13. The largest absolute Gasteiger partial charge is 0.496 e. The van der Waals surface area contributed by atoms with E-state index in [1.807, 2.05) is 38.1 Å². The van der Waals surface area contributed by atoms with E-state index in [1.54, 1.807) is 30.3 Å². The minimum atomic E-state index is -0.344. The molecule has 0 bridgehead atoms. The van der Waals surface area contributed by atoms with Crippen LogP contribution in [0.1, 0.15) is 52.1 Å². The van der Waals surface area contributed by atoms with Gasteiger partial charge in [0.2, 0.25) is 0 Å². The van der Waals surface area contributed by atoms with E-state index >= 15 is 0 Å². The third-order valence-corrected chi connectivity index (χ3v) is 6.46. The highest BCUT2D eigenvalue weighted by atomic mass is 16.5. The molecule has 208 valence electrons. The molecule has 3 aromatic carbocycles. The van der Waals surface area contributed by atoms with Gasteiger partial charge in [0, 0.05) is 12.2 Å². The summed E-state index contributed by atoms with van der Waals surface area (Å²) in [4.78, 5) is 28.7. The van der Waals surface area contributed by atoms with Gasteiger partial charge >= 0.3 is 0 Å². The summed E-state index contributed by atoms with van der Waals surface area (Å²) in [5, 5.41) is 5.85. The molecule has 8 heteroatoms. The first-order chi connectivity index (χ1) is 18.8. The first-order valence-corrected chi connectivity index (χ1v) is 13.2. The number of hydrogen-bond acceptors (Lipinski definition) is 6. The maximum absolute atomic E-state index is 13.3. The number of carbonyl (C=O) groups excluding carboxylic acids is 2. The standard InChI is InChI=1S/C31H39N3O5/c1-7-34(8-2)16-9-17-39-27-15-12-23(32-30(35)24-13-10-21(3)18-28(24)37-5)20-26(27)33-31(36)25-14-11-22(4)19-29(25)38-6/h10-15,18-20H,7-9,16-17H2,1-6H3,(H,32,35)(H,33,36). The van der Waals surface area contributed by atoms with Crippen molar-refractivity contribution in [1.82, 2.24) is 4.90 Å². The lowest BCUT2D eigenvalue weighted by Gasteiger charge is -2.19. The summed E-state index contributed by atoms with van der Waals surface area (Å²) < 4.78 is 16.9. The van der Waals surface area contributed by atoms with Crippen LogP contribution < -0.4 is 24.8 Å². The molecule has 0 atom stereocenters. The Bertz CT molecular complexity index is 1290. The van der Waals surface area contributed by atoms with Crippen LogP contribution in [0, 0.1) is 13.8 Å². The lowest BCUT2D eigenvalue weighted by atomic mass is 10.1. The van der Waals surface area contributed by atoms with Crippen LogP contribution in [0.25, 0.3) is 0 Å². The number of hydrogen-bond donors (Lipinski definition) is 2. The van der Waals surface area contributed by atoms with Crippen molar-refractivity contribution in [1.29, 1.82) is 0 Å². The van der Waals surface area contributed by atoms with E-state index in [9.17, 15) is 9.59 Å². The molecule has 2 amide bonds. The lowest BCUT2D eigenvalue weighted by Crippen LogP contribution is -2.25. The zero-order valence-corrected chi connectivity index (χ0v) is 23.7. The monoisotopic (exact) mass is 533 g/mol. The number of benzene rings is 3. The summed E-state index contributed by atoms with van der Waals surface area (Å²) in [6, 6.07) is 16.0. The van der Waals surface area contributed by atoms with Crippen molar-refractivity contribution in [2.24, 2.45) is 0 Å². The number of nitrogens with zero attached hydrogens (tertiary/aromatic N) is 1. The van der Waals surface area contributed by atoms with Gasteiger partial charge in [-0.05, 0) is 86.9 Å². The number of ether oxygens (including phenoxy) is 3. The Morgan fingerprint density at radius 3 is 1.85 bits per heavy atom. The normalized spacial score (nSPS) is 10.7. The Balaban J connectivity index is 1.85. The smallest absolute Gasteiger partial charge is 0.259 e. The van der Waals surface area contributed by atoms with Crippen molar-refractivity contribution in [3.8, 4) is 17.2 Å². The van der Waals surface area contributed by atoms with Gasteiger partial charge in [0.25, 0.3) is 11.8 Å². The second-order valence-electron chi connectivity index (χ2n) is 9.26. The molecule has 3 aromatic rings. The maximum atomic E-state index is 13.3. The number of carbonyl (C=O) groups is 2. The van der Waals surface area contributed by atoms with Gasteiger partial charge in [-0.25, -0.2) is 0 Å². The Kier molecular flexibility index (Phi) is 10.8. The third kappa shape index (κ3) is 7.97. The number of aryl methyl sites for hydroxylation is 2. The molecule has 3 rings (SSSR count). The van der Waals surface area contributed by atoms with Crippen LogP contribution in [0.2, 0.25) is 0 Å². The first kappa shape index (κ1) is 29.5. The van der Waals surface area contributed by atoms with Crippen LogP contribution in [-0.2, 0) is 0 Å². The summed E-state index contributed by atoms with van der Waals surface area (Å²) >= 11 is 0. The fourth-order valence-electron chi connectivity index (χ4n) is 4.20. The molecule has 0 spiro atoms. The van der Waals surface area contributed by atoms with Crippen LogP contribution in [-0.4, -0.2) is 57.2 Å². The Morgan fingerprint density at radius 1 is 0.744 bits per heavy atom. The fraction of sp³-hybridized carbons (Fsp3) is 0.355. The highest BCUT2D eigenvalue weighted by Crippen LogP contribution is 2.31. The highest BCUT2D eigenvalue weighted by molar-refractivity contribution is 6.09. The van der Waals surface area contributed by atoms with Gasteiger partial charge in [-0.1, -0.05) is 26.0 Å². The summed E-state index contributed by atoms with van der Waals surface area (Å²) in [6.07, 6.45) is 0.840. The average molecular weight is 534 g/mol. The average Bonchev–Trinajstić information content (AvgIpc) is 2.93.